The standard InChI is InChI=1S/C10H11F3NO/c1-14-7-6-8-4-2-3-5-9(8)15-10(11,12)13/h2-5H,6-7H2,1H3/q-1. The van der Waals surface area contributed by atoms with E-state index in [0.717, 1.165) is 0 Å². The highest BCUT2D eigenvalue weighted by molar-refractivity contribution is 5.34. The van der Waals surface area contributed by atoms with Gasteiger partial charge in [-0.25, -0.2) is 0 Å². The van der Waals surface area contributed by atoms with E-state index in [1.54, 1.807) is 19.2 Å². The molecule has 1 aromatic rings. The summed E-state index contributed by atoms with van der Waals surface area (Å²) >= 11 is 0. The van der Waals surface area contributed by atoms with Crippen molar-refractivity contribution in [1.82, 2.24) is 0 Å². The van der Waals surface area contributed by atoms with Gasteiger partial charge in [0.1, 0.15) is 5.75 Å². The number of benzene rings is 1. The zero-order chi connectivity index (χ0) is 11.3. The molecule has 0 aliphatic carbocycles. The summed E-state index contributed by atoms with van der Waals surface area (Å²) in [5.74, 6) is -0.145. The summed E-state index contributed by atoms with van der Waals surface area (Å²) in [6.07, 6.45) is -4.19. The van der Waals surface area contributed by atoms with Crippen molar-refractivity contribution < 1.29 is 17.9 Å². The van der Waals surface area contributed by atoms with Gasteiger partial charge in [0.15, 0.2) is 0 Å². The molecule has 0 aliphatic heterocycles. The molecule has 0 heterocycles. The highest BCUT2D eigenvalue weighted by Crippen LogP contribution is 2.26. The van der Waals surface area contributed by atoms with E-state index in [1.165, 1.54) is 12.1 Å². The molecule has 0 amide bonds. The van der Waals surface area contributed by atoms with Crippen molar-refractivity contribution in [2.24, 2.45) is 0 Å². The van der Waals surface area contributed by atoms with Crippen LogP contribution in [0.2, 0.25) is 0 Å². The number of hydrogen-bond acceptors (Lipinski definition) is 1. The quantitative estimate of drug-likeness (QED) is 0.761. The predicted octanol–water partition coefficient (Wildman–Crippen LogP) is 3.13. The molecule has 0 radical (unpaired) electrons. The minimum Gasteiger partial charge on any atom is -0.665 e. The lowest BCUT2D eigenvalue weighted by atomic mass is 10.1. The van der Waals surface area contributed by atoms with Crippen LogP contribution in [0.5, 0.6) is 5.75 Å². The number of alkyl halides is 3. The van der Waals surface area contributed by atoms with Gasteiger partial charge in [0.2, 0.25) is 0 Å². The second-order valence-electron chi connectivity index (χ2n) is 2.95. The lowest BCUT2D eigenvalue weighted by molar-refractivity contribution is -0.274. The molecule has 5 heteroatoms. The topological polar surface area (TPSA) is 23.3 Å². The van der Waals surface area contributed by atoms with Crippen LogP contribution < -0.4 is 4.74 Å². The van der Waals surface area contributed by atoms with E-state index >= 15 is 0 Å². The smallest absolute Gasteiger partial charge is 0.573 e. The monoisotopic (exact) mass is 218 g/mol. The molecule has 0 atom stereocenters. The van der Waals surface area contributed by atoms with Gasteiger partial charge in [0.05, 0.1) is 0 Å². The molecule has 84 valence electrons. The molecule has 15 heavy (non-hydrogen) atoms. The van der Waals surface area contributed by atoms with Crippen molar-refractivity contribution in [1.29, 1.82) is 0 Å². The number of hydrogen-bond donors (Lipinski definition) is 0. The number of likely N-dealkylation sites (N-methyl/N-ethyl adjacent to an activating group) is 1. The normalized spacial score (nSPS) is 11.5. The Bertz CT molecular complexity index is 312. The first-order valence-corrected chi connectivity index (χ1v) is 4.42. The van der Waals surface area contributed by atoms with E-state index < -0.39 is 6.36 Å². The summed E-state index contributed by atoms with van der Waals surface area (Å²) in [5, 5.41) is 3.83. The first-order valence-electron chi connectivity index (χ1n) is 4.42. The summed E-state index contributed by atoms with van der Waals surface area (Å²) in [6, 6.07) is 6.09. The van der Waals surface area contributed by atoms with Crippen molar-refractivity contribution in [3.8, 4) is 5.75 Å². The van der Waals surface area contributed by atoms with E-state index in [4.69, 9.17) is 0 Å². The van der Waals surface area contributed by atoms with E-state index in [1.807, 2.05) is 0 Å². The third-order valence-electron chi connectivity index (χ3n) is 1.80. The van der Waals surface area contributed by atoms with Gasteiger partial charge in [0.25, 0.3) is 0 Å². The molecule has 1 aromatic carbocycles. The molecular weight excluding hydrogens is 207 g/mol. The fraction of sp³-hybridized carbons (Fsp3) is 0.400. The Morgan fingerprint density at radius 3 is 2.53 bits per heavy atom. The number of halogens is 3. The second kappa shape index (κ2) is 5.02. The van der Waals surface area contributed by atoms with Gasteiger partial charge in [-0.05, 0) is 18.1 Å². The van der Waals surface area contributed by atoms with Crippen LogP contribution in [-0.4, -0.2) is 20.0 Å². The predicted molar refractivity (Wildman–Crippen MR) is 51.0 cm³/mol. The Morgan fingerprint density at radius 1 is 1.27 bits per heavy atom. The van der Waals surface area contributed by atoms with E-state index in [0.29, 0.717) is 18.5 Å². The molecule has 0 aliphatic rings. The van der Waals surface area contributed by atoms with Gasteiger partial charge < -0.3 is 10.1 Å². The summed E-state index contributed by atoms with van der Waals surface area (Å²) in [7, 11) is 1.62. The first-order chi connectivity index (χ1) is 7.03. The van der Waals surface area contributed by atoms with Crippen LogP contribution >= 0.6 is 0 Å². The molecule has 0 saturated heterocycles. The molecule has 1 rings (SSSR count). The molecule has 0 bridgehead atoms. The van der Waals surface area contributed by atoms with Crippen LogP contribution in [0.3, 0.4) is 0 Å². The molecule has 0 aromatic heterocycles. The van der Waals surface area contributed by atoms with E-state index in [9.17, 15) is 13.2 Å². The van der Waals surface area contributed by atoms with Crippen molar-refractivity contribution in [3.05, 3.63) is 35.1 Å². The van der Waals surface area contributed by atoms with Crippen LogP contribution in [0.1, 0.15) is 5.56 Å². The van der Waals surface area contributed by atoms with Crippen molar-refractivity contribution in [2.45, 2.75) is 12.8 Å². The fourth-order valence-corrected chi connectivity index (χ4v) is 1.17. The molecule has 0 spiro atoms. The van der Waals surface area contributed by atoms with Crippen molar-refractivity contribution in [2.75, 3.05) is 13.6 Å². The number of rotatable bonds is 4. The van der Waals surface area contributed by atoms with Crippen LogP contribution in [0.25, 0.3) is 5.32 Å². The Balaban J connectivity index is 2.77. The van der Waals surface area contributed by atoms with Gasteiger partial charge in [0, 0.05) is 0 Å². The lowest BCUT2D eigenvalue weighted by Gasteiger charge is -2.15. The Kier molecular flexibility index (Phi) is 3.96. The number of ether oxygens (including phenoxy) is 1. The van der Waals surface area contributed by atoms with E-state index in [2.05, 4.69) is 10.1 Å². The number of nitrogens with zero attached hydrogens (tertiary/aromatic N) is 1. The van der Waals surface area contributed by atoms with Crippen molar-refractivity contribution >= 4 is 0 Å². The fourth-order valence-electron chi connectivity index (χ4n) is 1.17. The van der Waals surface area contributed by atoms with Crippen molar-refractivity contribution in [3.63, 3.8) is 0 Å². The number of para-hydroxylation sites is 1. The summed E-state index contributed by atoms with van der Waals surface area (Å²) in [5.41, 5.74) is 0.514. The minimum atomic E-state index is -4.64. The Labute approximate surface area is 86.1 Å². The average Bonchev–Trinajstić information content (AvgIpc) is 2.14. The highest BCUT2D eigenvalue weighted by Gasteiger charge is 2.31. The maximum atomic E-state index is 12.0. The maximum Gasteiger partial charge on any atom is 0.573 e. The zero-order valence-electron chi connectivity index (χ0n) is 8.21. The molecule has 2 nitrogen and oxygen atoms in total. The average molecular weight is 218 g/mol. The van der Waals surface area contributed by atoms with E-state index in [-0.39, 0.29) is 5.75 Å². The second-order valence-corrected chi connectivity index (χ2v) is 2.95. The van der Waals surface area contributed by atoms with Gasteiger partial charge in [-0.3, -0.25) is 0 Å². The highest BCUT2D eigenvalue weighted by atomic mass is 19.4. The molecular formula is C10H11F3NO-. The molecule has 0 fully saturated rings. The largest absolute Gasteiger partial charge is 0.665 e. The third-order valence-corrected chi connectivity index (χ3v) is 1.80. The van der Waals surface area contributed by atoms with Gasteiger partial charge >= 0.3 is 6.36 Å². The van der Waals surface area contributed by atoms with Crippen LogP contribution in [0.15, 0.2) is 24.3 Å². The first kappa shape index (κ1) is 11.8. The molecule has 0 N–H and O–H groups in total. The summed E-state index contributed by atoms with van der Waals surface area (Å²) in [6.45, 7) is 0.484. The Hall–Kier alpha value is -1.23. The molecule has 0 saturated carbocycles. The zero-order valence-corrected chi connectivity index (χ0v) is 8.21. The SMILES string of the molecule is C[N-]CCc1ccccc1OC(F)(F)F. The lowest BCUT2D eigenvalue weighted by Crippen LogP contribution is -2.18. The maximum absolute atomic E-state index is 12.0. The van der Waals surface area contributed by atoms with Crippen LogP contribution in [0.4, 0.5) is 13.2 Å². The summed E-state index contributed by atoms with van der Waals surface area (Å²) < 4.78 is 39.9. The molecule has 0 unspecified atom stereocenters. The third kappa shape index (κ3) is 4.20. The van der Waals surface area contributed by atoms with Crippen LogP contribution in [0, 0.1) is 0 Å². The van der Waals surface area contributed by atoms with Gasteiger partial charge in [-0.2, -0.15) is 7.05 Å². The Morgan fingerprint density at radius 2 is 1.93 bits per heavy atom. The van der Waals surface area contributed by atoms with Crippen LogP contribution in [-0.2, 0) is 6.42 Å². The summed E-state index contributed by atoms with van der Waals surface area (Å²) in [4.78, 5) is 0. The minimum absolute atomic E-state index is 0.145. The van der Waals surface area contributed by atoms with Gasteiger partial charge in [-0.15, -0.1) is 19.7 Å². The van der Waals surface area contributed by atoms with Gasteiger partial charge in [-0.1, -0.05) is 18.2 Å².